The summed E-state index contributed by atoms with van der Waals surface area (Å²) in [7, 11) is 0. The van der Waals surface area contributed by atoms with E-state index in [1.807, 2.05) is 6.92 Å². The Morgan fingerprint density at radius 2 is 1.56 bits per heavy atom. The predicted molar refractivity (Wildman–Crippen MR) is 134 cm³/mol. The number of benzene rings is 2. The van der Waals surface area contributed by atoms with E-state index in [4.69, 9.17) is 0 Å². The molecule has 0 aliphatic carbocycles. The molecule has 210 valence electrons. The van der Waals surface area contributed by atoms with Crippen LogP contribution in [0.15, 0.2) is 42.5 Å². The van der Waals surface area contributed by atoms with E-state index in [2.05, 4.69) is 15.7 Å². The maximum Gasteiger partial charge on any atom is 0.435 e. The molecule has 3 aromatic rings. The van der Waals surface area contributed by atoms with E-state index in [0.717, 1.165) is 18.4 Å². The van der Waals surface area contributed by atoms with Crippen molar-refractivity contribution in [1.82, 2.24) is 15.1 Å². The van der Waals surface area contributed by atoms with Gasteiger partial charge in [-0.15, -0.1) is 0 Å². The van der Waals surface area contributed by atoms with Crippen molar-refractivity contribution in [2.45, 2.75) is 65.5 Å². The smallest absolute Gasteiger partial charge is 0.350 e. The van der Waals surface area contributed by atoms with Gasteiger partial charge in [-0.25, -0.2) is 0 Å². The number of hydrogen-bond donors (Lipinski definition) is 2. The van der Waals surface area contributed by atoms with Crippen LogP contribution < -0.4 is 10.6 Å². The second kappa shape index (κ2) is 11.5. The van der Waals surface area contributed by atoms with E-state index >= 15 is 0 Å². The largest absolute Gasteiger partial charge is 0.435 e. The predicted octanol–water partition coefficient (Wildman–Crippen LogP) is 6.62. The number of aryl methyl sites for hydroxylation is 2. The Bertz CT molecular complexity index is 1360. The van der Waals surface area contributed by atoms with E-state index in [-0.39, 0.29) is 33.5 Å². The van der Waals surface area contributed by atoms with Gasteiger partial charge in [0, 0.05) is 17.8 Å². The fourth-order valence-corrected chi connectivity index (χ4v) is 3.99. The van der Waals surface area contributed by atoms with Crippen LogP contribution in [-0.4, -0.2) is 27.6 Å². The van der Waals surface area contributed by atoms with Crippen LogP contribution in [0.5, 0.6) is 0 Å². The molecule has 0 aliphatic heterocycles. The molecule has 2 N–H and O–H groups in total. The van der Waals surface area contributed by atoms with E-state index < -0.39 is 42.1 Å². The summed E-state index contributed by atoms with van der Waals surface area (Å²) in [6, 6.07) is 9.08. The first-order chi connectivity index (χ1) is 18.1. The Morgan fingerprint density at radius 1 is 0.897 bits per heavy atom. The lowest BCUT2D eigenvalue weighted by molar-refractivity contribution is -0.144. The minimum atomic E-state index is -5.04. The summed E-state index contributed by atoms with van der Waals surface area (Å²) < 4.78 is 79.2. The molecule has 1 heterocycles. The number of rotatable bonds is 8. The van der Waals surface area contributed by atoms with Crippen LogP contribution in [0, 0.1) is 6.92 Å². The van der Waals surface area contributed by atoms with Crippen molar-refractivity contribution < 1.29 is 35.9 Å². The number of carbonyl (C=O) groups excluding carboxylic acids is 2. The monoisotopic (exact) mass is 554 g/mol. The second-order valence-corrected chi connectivity index (χ2v) is 9.43. The molecule has 0 bridgehead atoms. The van der Waals surface area contributed by atoms with Gasteiger partial charge in [0.15, 0.2) is 5.69 Å². The van der Waals surface area contributed by atoms with Gasteiger partial charge in [0.25, 0.3) is 11.8 Å². The zero-order chi connectivity index (χ0) is 29.1. The van der Waals surface area contributed by atoms with Gasteiger partial charge in [0.2, 0.25) is 0 Å². The Kier molecular flexibility index (Phi) is 8.77. The number of amides is 2. The summed E-state index contributed by atoms with van der Waals surface area (Å²) in [5.74, 6) is -0.970. The SMILES string of the molecule is CCCc1ccc(C(=O)Nc2ccc(Cn3nc(C(F)(F)F)cc3C(F)(F)F)cc2C)c(C(=O)NC(C)C)c1. The number of halogens is 6. The van der Waals surface area contributed by atoms with Gasteiger partial charge in [0.1, 0.15) is 5.69 Å². The van der Waals surface area contributed by atoms with Crippen molar-refractivity contribution in [1.29, 1.82) is 0 Å². The summed E-state index contributed by atoms with van der Waals surface area (Å²) in [6.45, 7) is 6.60. The molecule has 39 heavy (non-hydrogen) atoms. The molecule has 2 aromatic carbocycles. The van der Waals surface area contributed by atoms with Crippen LogP contribution >= 0.6 is 0 Å². The minimum absolute atomic E-state index is 0.0275. The Morgan fingerprint density at radius 3 is 2.13 bits per heavy atom. The minimum Gasteiger partial charge on any atom is -0.350 e. The highest BCUT2D eigenvalue weighted by Crippen LogP contribution is 2.35. The standard InChI is InChI=1S/C27H28F6N4O2/c1-5-6-17-7-9-19(20(12-17)25(39)34-15(2)3)24(38)35-21-10-8-18(11-16(21)4)14-37-23(27(31,32)33)13-22(36-37)26(28,29)30/h7-13,15H,5-6,14H2,1-4H3,(H,34,39)(H,35,38). The molecule has 1 aromatic heterocycles. The van der Waals surface area contributed by atoms with Crippen LogP contribution in [0.2, 0.25) is 0 Å². The van der Waals surface area contributed by atoms with Crippen molar-refractivity contribution >= 4 is 17.5 Å². The normalized spacial score (nSPS) is 12.1. The highest BCUT2D eigenvalue weighted by molar-refractivity contribution is 6.12. The maximum absolute atomic E-state index is 13.3. The molecule has 3 rings (SSSR count). The first kappa shape index (κ1) is 29.7. The van der Waals surface area contributed by atoms with E-state index in [9.17, 15) is 35.9 Å². The number of nitrogens with zero attached hydrogens (tertiary/aromatic N) is 2. The lowest BCUT2D eigenvalue weighted by atomic mass is 9.99. The molecule has 2 amide bonds. The van der Waals surface area contributed by atoms with Crippen LogP contribution in [0.1, 0.15) is 76.0 Å². The summed E-state index contributed by atoms with van der Waals surface area (Å²) in [6.07, 6.45) is -8.50. The molecule has 0 saturated carbocycles. The molecule has 0 fully saturated rings. The van der Waals surface area contributed by atoms with Crippen molar-refractivity contribution in [2.24, 2.45) is 0 Å². The van der Waals surface area contributed by atoms with Gasteiger partial charge in [-0.05, 0) is 62.1 Å². The third kappa shape index (κ3) is 7.39. The van der Waals surface area contributed by atoms with Gasteiger partial charge >= 0.3 is 12.4 Å². The van der Waals surface area contributed by atoms with Crippen LogP contribution in [-0.2, 0) is 25.3 Å². The number of anilines is 1. The summed E-state index contributed by atoms with van der Waals surface area (Å²) in [5.41, 5.74) is -0.899. The number of nitrogens with one attached hydrogen (secondary N) is 2. The van der Waals surface area contributed by atoms with Gasteiger partial charge in [0.05, 0.1) is 17.7 Å². The number of carbonyl (C=O) groups is 2. The first-order valence-corrected chi connectivity index (χ1v) is 12.2. The molecule has 6 nitrogen and oxygen atoms in total. The van der Waals surface area contributed by atoms with Crippen LogP contribution in [0.4, 0.5) is 32.0 Å². The van der Waals surface area contributed by atoms with E-state index in [1.54, 1.807) is 39.0 Å². The Hall–Kier alpha value is -3.83. The topological polar surface area (TPSA) is 76.0 Å². The van der Waals surface area contributed by atoms with Crippen LogP contribution in [0.25, 0.3) is 0 Å². The van der Waals surface area contributed by atoms with Gasteiger partial charge in [-0.3, -0.25) is 14.3 Å². The zero-order valence-electron chi connectivity index (χ0n) is 21.7. The molecular weight excluding hydrogens is 526 g/mol. The molecule has 0 spiro atoms. The third-order valence-electron chi connectivity index (χ3n) is 5.76. The molecule has 0 aliphatic rings. The molecular formula is C27H28F6N4O2. The summed E-state index contributed by atoms with van der Waals surface area (Å²) >= 11 is 0. The highest BCUT2D eigenvalue weighted by Gasteiger charge is 2.41. The van der Waals surface area contributed by atoms with Gasteiger partial charge in [-0.2, -0.15) is 31.4 Å². The summed E-state index contributed by atoms with van der Waals surface area (Å²) in [5, 5.41) is 8.60. The Labute approximate surface area is 221 Å². The zero-order valence-corrected chi connectivity index (χ0v) is 21.7. The average Bonchev–Trinajstić information content (AvgIpc) is 3.25. The quantitative estimate of drug-likeness (QED) is 0.307. The number of aromatic nitrogens is 2. The van der Waals surface area contributed by atoms with Crippen molar-refractivity contribution in [2.75, 3.05) is 5.32 Å². The molecule has 0 atom stereocenters. The summed E-state index contributed by atoms with van der Waals surface area (Å²) in [4.78, 5) is 25.9. The van der Waals surface area contributed by atoms with E-state index in [0.29, 0.717) is 11.3 Å². The first-order valence-electron chi connectivity index (χ1n) is 12.2. The molecule has 0 saturated heterocycles. The van der Waals surface area contributed by atoms with Crippen molar-refractivity contribution in [3.63, 3.8) is 0 Å². The fourth-order valence-electron chi connectivity index (χ4n) is 3.99. The highest BCUT2D eigenvalue weighted by atomic mass is 19.4. The Balaban J connectivity index is 1.87. The third-order valence-corrected chi connectivity index (χ3v) is 5.76. The van der Waals surface area contributed by atoms with Crippen molar-refractivity contribution in [3.8, 4) is 0 Å². The lowest BCUT2D eigenvalue weighted by Crippen LogP contribution is -2.32. The second-order valence-electron chi connectivity index (χ2n) is 9.43. The number of hydrogen-bond acceptors (Lipinski definition) is 3. The lowest BCUT2D eigenvalue weighted by Gasteiger charge is -2.15. The van der Waals surface area contributed by atoms with Gasteiger partial charge in [-0.1, -0.05) is 31.5 Å². The fraction of sp³-hybridized carbons (Fsp3) is 0.370. The molecule has 12 heteroatoms. The number of alkyl halides is 6. The van der Waals surface area contributed by atoms with Gasteiger partial charge < -0.3 is 10.6 Å². The molecule has 0 unspecified atom stereocenters. The molecule has 0 radical (unpaired) electrons. The van der Waals surface area contributed by atoms with Crippen LogP contribution in [0.3, 0.4) is 0 Å². The van der Waals surface area contributed by atoms with E-state index in [1.165, 1.54) is 18.2 Å². The average molecular weight is 555 g/mol. The van der Waals surface area contributed by atoms with Crippen molar-refractivity contribution in [3.05, 3.63) is 81.7 Å². The maximum atomic E-state index is 13.3.